The Kier molecular flexibility index (Phi) is 3.11. The smallest absolute Gasteiger partial charge is 0.203 e. The van der Waals surface area contributed by atoms with Crippen molar-refractivity contribution in [1.82, 2.24) is 24.6 Å². The summed E-state index contributed by atoms with van der Waals surface area (Å²) in [5.74, 6) is 2.62. The molecule has 3 aromatic heterocycles. The van der Waals surface area contributed by atoms with E-state index in [1.165, 1.54) is 18.5 Å². The van der Waals surface area contributed by atoms with Crippen molar-refractivity contribution >= 4 is 17.2 Å². The summed E-state index contributed by atoms with van der Waals surface area (Å²) in [7, 11) is 0. The lowest BCUT2D eigenvalue weighted by Gasteiger charge is -2.36. The molecule has 0 radical (unpaired) electrons. The first-order chi connectivity index (χ1) is 11.9. The van der Waals surface area contributed by atoms with Crippen molar-refractivity contribution in [1.29, 1.82) is 0 Å². The zero-order valence-corrected chi connectivity index (χ0v) is 13.4. The summed E-state index contributed by atoms with van der Waals surface area (Å²) in [5.41, 5.74) is 2.12. The van der Waals surface area contributed by atoms with Crippen LogP contribution in [0.2, 0.25) is 0 Å². The van der Waals surface area contributed by atoms with Crippen LogP contribution in [0.15, 0.2) is 36.9 Å². The minimum atomic E-state index is 0.582. The van der Waals surface area contributed by atoms with E-state index in [0.717, 1.165) is 43.5 Å². The number of hydrogen-bond acceptors (Lipinski definition) is 6. The summed E-state index contributed by atoms with van der Waals surface area (Å²) in [6.07, 6.45) is 10.00. The highest BCUT2D eigenvalue weighted by atomic mass is 15.3. The molecule has 1 aliphatic heterocycles. The van der Waals surface area contributed by atoms with Crippen molar-refractivity contribution in [2.24, 2.45) is 0 Å². The van der Waals surface area contributed by atoms with Gasteiger partial charge in [0.15, 0.2) is 5.82 Å². The van der Waals surface area contributed by atoms with E-state index in [1.807, 2.05) is 24.8 Å². The highest BCUT2D eigenvalue weighted by Crippen LogP contribution is 2.39. The number of anilines is 2. The molecule has 0 atom stereocenters. The topological polar surface area (TPSA) is 62.5 Å². The lowest BCUT2D eigenvalue weighted by atomic mass is 10.2. The van der Waals surface area contributed by atoms with Crippen molar-refractivity contribution in [3.05, 3.63) is 42.7 Å². The highest BCUT2D eigenvalue weighted by molar-refractivity contribution is 5.64. The monoisotopic (exact) mass is 321 g/mol. The molecule has 2 aliphatic rings. The molecular weight excluding hydrogens is 302 g/mol. The van der Waals surface area contributed by atoms with Crippen LogP contribution in [0, 0.1) is 0 Å². The molecule has 3 aromatic rings. The molecule has 0 amide bonds. The number of pyridine rings is 1. The number of fused-ring (bicyclic) bond motifs is 1. The Balaban J connectivity index is 1.39. The van der Waals surface area contributed by atoms with Gasteiger partial charge in [-0.15, -0.1) is 10.2 Å². The van der Waals surface area contributed by atoms with Gasteiger partial charge in [0.25, 0.3) is 0 Å². The number of aromatic nitrogens is 5. The van der Waals surface area contributed by atoms with Gasteiger partial charge in [-0.1, -0.05) is 0 Å². The first kappa shape index (κ1) is 13.7. The molecule has 1 saturated carbocycles. The molecule has 2 fully saturated rings. The Morgan fingerprint density at radius 1 is 0.875 bits per heavy atom. The molecule has 0 bridgehead atoms. The van der Waals surface area contributed by atoms with Crippen LogP contribution in [0.3, 0.4) is 0 Å². The maximum absolute atomic E-state index is 4.60. The minimum Gasteiger partial charge on any atom is -0.368 e. The maximum Gasteiger partial charge on any atom is 0.203 e. The van der Waals surface area contributed by atoms with E-state index >= 15 is 0 Å². The summed E-state index contributed by atoms with van der Waals surface area (Å²) in [5, 5.41) is 8.82. The quantitative estimate of drug-likeness (QED) is 0.732. The molecule has 0 unspecified atom stereocenters. The van der Waals surface area contributed by atoms with Crippen LogP contribution in [0.5, 0.6) is 0 Å². The van der Waals surface area contributed by atoms with E-state index in [-0.39, 0.29) is 0 Å². The summed E-state index contributed by atoms with van der Waals surface area (Å²) >= 11 is 0. The molecule has 0 spiro atoms. The summed E-state index contributed by atoms with van der Waals surface area (Å²) < 4.78 is 2.12. The van der Waals surface area contributed by atoms with Gasteiger partial charge in [0, 0.05) is 62.6 Å². The Hall–Kier alpha value is -2.70. The molecule has 7 heteroatoms. The fraction of sp³-hybridized carbons (Fsp3) is 0.412. The third kappa shape index (κ3) is 2.28. The number of nitrogens with zero attached hydrogens (tertiary/aromatic N) is 7. The van der Waals surface area contributed by atoms with E-state index in [4.69, 9.17) is 0 Å². The Morgan fingerprint density at radius 3 is 2.38 bits per heavy atom. The first-order valence-corrected chi connectivity index (χ1v) is 8.50. The van der Waals surface area contributed by atoms with E-state index in [1.54, 1.807) is 0 Å². The van der Waals surface area contributed by atoms with Gasteiger partial charge in [-0.2, -0.15) is 0 Å². The summed E-state index contributed by atoms with van der Waals surface area (Å²) in [6, 6.07) is 4.13. The van der Waals surface area contributed by atoms with E-state index in [9.17, 15) is 0 Å². The van der Waals surface area contributed by atoms with Crippen LogP contribution in [0.25, 0.3) is 5.65 Å². The third-order valence-corrected chi connectivity index (χ3v) is 4.88. The van der Waals surface area contributed by atoms with Crippen molar-refractivity contribution in [2.75, 3.05) is 36.0 Å². The van der Waals surface area contributed by atoms with Gasteiger partial charge >= 0.3 is 0 Å². The van der Waals surface area contributed by atoms with Crippen LogP contribution >= 0.6 is 0 Å². The summed E-state index contributed by atoms with van der Waals surface area (Å²) in [6.45, 7) is 3.80. The molecule has 122 valence electrons. The normalized spacial score (nSPS) is 18.3. The number of hydrogen-bond donors (Lipinski definition) is 0. The average molecular weight is 321 g/mol. The molecule has 24 heavy (non-hydrogen) atoms. The van der Waals surface area contributed by atoms with E-state index in [0.29, 0.717) is 5.92 Å². The van der Waals surface area contributed by atoms with Gasteiger partial charge in [-0.3, -0.25) is 9.38 Å². The van der Waals surface area contributed by atoms with Gasteiger partial charge in [-0.25, -0.2) is 4.98 Å². The molecule has 5 rings (SSSR count). The zero-order valence-electron chi connectivity index (χ0n) is 13.4. The van der Waals surface area contributed by atoms with Crippen LogP contribution < -0.4 is 9.80 Å². The Labute approximate surface area is 140 Å². The van der Waals surface area contributed by atoms with Crippen molar-refractivity contribution in [3.63, 3.8) is 0 Å². The fourth-order valence-electron chi connectivity index (χ4n) is 3.41. The molecule has 0 N–H and O–H groups in total. The van der Waals surface area contributed by atoms with Crippen molar-refractivity contribution < 1.29 is 0 Å². The summed E-state index contributed by atoms with van der Waals surface area (Å²) in [4.78, 5) is 13.4. The standard InChI is InChI=1S/C17H19N7/c1-2-13(1)15-20-21-17-16(19-7-8-24(15)17)23-11-9-22(10-12-23)14-3-5-18-6-4-14/h3-8,13H,1-2,9-12H2. The lowest BCUT2D eigenvalue weighted by Crippen LogP contribution is -2.47. The van der Waals surface area contributed by atoms with Crippen molar-refractivity contribution in [3.8, 4) is 0 Å². The van der Waals surface area contributed by atoms with E-state index in [2.05, 4.69) is 46.5 Å². The fourth-order valence-corrected chi connectivity index (χ4v) is 3.41. The predicted octanol–water partition coefficient (Wildman–Crippen LogP) is 1.72. The molecular formula is C17H19N7. The van der Waals surface area contributed by atoms with Gasteiger partial charge in [0.1, 0.15) is 5.82 Å². The second-order valence-electron chi connectivity index (χ2n) is 6.46. The van der Waals surface area contributed by atoms with Crippen LogP contribution in [0.1, 0.15) is 24.6 Å². The Bertz CT molecular complexity index is 848. The highest BCUT2D eigenvalue weighted by Gasteiger charge is 2.30. The second kappa shape index (κ2) is 5.43. The average Bonchev–Trinajstić information content (AvgIpc) is 3.41. The van der Waals surface area contributed by atoms with Gasteiger partial charge in [0.2, 0.25) is 5.65 Å². The van der Waals surface area contributed by atoms with Crippen LogP contribution in [-0.2, 0) is 0 Å². The third-order valence-electron chi connectivity index (χ3n) is 4.88. The predicted molar refractivity (Wildman–Crippen MR) is 91.4 cm³/mol. The van der Waals surface area contributed by atoms with Gasteiger partial charge in [0.05, 0.1) is 0 Å². The Morgan fingerprint density at radius 2 is 1.62 bits per heavy atom. The molecule has 1 saturated heterocycles. The molecule has 7 nitrogen and oxygen atoms in total. The number of piperazine rings is 1. The molecule has 4 heterocycles. The van der Waals surface area contributed by atoms with Crippen molar-refractivity contribution in [2.45, 2.75) is 18.8 Å². The van der Waals surface area contributed by atoms with E-state index < -0.39 is 0 Å². The van der Waals surface area contributed by atoms with Gasteiger partial charge in [-0.05, 0) is 25.0 Å². The van der Waals surface area contributed by atoms with Crippen LogP contribution in [-0.4, -0.2) is 50.7 Å². The van der Waals surface area contributed by atoms with Crippen LogP contribution in [0.4, 0.5) is 11.5 Å². The molecule has 0 aromatic carbocycles. The SMILES string of the molecule is c1cc(N2CCN(c3nccn4c(C5CC5)nnc34)CC2)ccn1. The first-order valence-electron chi connectivity index (χ1n) is 8.50. The maximum atomic E-state index is 4.60. The molecule has 1 aliphatic carbocycles. The second-order valence-corrected chi connectivity index (χ2v) is 6.46. The van der Waals surface area contributed by atoms with Gasteiger partial charge < -0.3 is 9.80 Å². The zero-order chi connectivity index (χ0) is 15.9. The number of rotatable bonds is 3. The largest absolute Gasteiger partial charge is 0.368 e. The minimum absolute atomic E-state index is 0.582. The lowest BCUT2D eigenvalue weighted by molar-refractivity contribution is 0.647.